The highest BCUT2D eigenvalue weighted by Gasteiger charge is 2.24. The molecule has 25 heavy (non-hydrogen) atoms. The number of carbonyl (C=O) groups excluding carboxylic acids is 3. The molecule has 0 saturated carbocycles. The van der Waals surface area contributed by atoms with Crippen LogP contribution in [0.4, 0.5) is 5.69 Å². The number of nitrogens with zero attached hydrogens (tertiary/aromatic N) is 1. The van der Waals surface area contributed by atoms with Gasteiger partial charge in [-0.25, -0.2) is 9.59 Å². The van der Waals surface area contributed by atoms with Gasteiger partial charge in [0.05, 0.1) is 12.3 Å². The Morgan fingerprint density at radius 2 is 1.88 bits per heavy atom. The molecular weight excluding hydrogens is 342 g/mol. The molecule has 1 aromatic carbocycles. The van der Waals surface area contributed by atoms with Crippen molar-refractivity contribution in [1.29, 1.82) is 0 Å². The van der Waals surface area contributed by atoms with E-state index in [1.807, 2.05) is 24.3 Å². The van der Waals surface area contributed by atoms with Gasteiger partial charge in [-0.15, -0.1) is 11.8 Å². The van der Waals surface area contributed by atoms with E-state index in [0.717, 1.165) is 29.2 Å². The summed E-state index contributed by atoms with van der Waals surface area (Å²) in [7, 11) is 0. The van der Waals surface area contributed by atoms with E-state index in [0.29, 0.717) is 11.8 Å². The smallest absolute Gasteiger partial charge is 0.331 e. The van der Waals surface area contributed by atoms with Crippen LogP contribution in [0.5, 0.6) is 0 Å². The fraction of sp³-hybridized carbons (Fsp3) is 0.389. The number of thioether (sulfide) groups is 1. The fourth-order valence-corrected chi connectivity index (χ4v) is 3.44. The molecule has 7 heteroatoms. The Balaban J connectivity index is 1.96. The molecule has 1 aliphatic heterocycles. The molecule has 134 valence electrons. The highest BCUT2D eigenvalue weighted by Crippen LogP contribution is 2.37. The minimum atomic E-state index is -0.757. The van der Waals surface area contributed by atoms with Crippen LogP contribution in [0.1, 0.15) is 20.3 Å². The van der Waals surface area contributed by atoms with Crippen molar-refractivity contribution in [1.82, 2.24) is 0 Å². The standard InChI is InChI=1S/C18H21NO5S/c1-3-23-17(21)8-9-18(22)24-12-16(20)19-11-10-13(2)25-15-7-5-4-6-14(15)19/h4-9,13H,3,10-12H2,1-2H3/b9-8+/t13-/m0/s1. The van der Waals surface area contributed by atoms with Gasteiger partial charge < -0.3 is 14.4 Å². The normalized spacial score (nSPS) is 16.9. The SMILES string of the molecule is CCOC(=O)/C=C/C(=O)OCC(=O)N1CC[C@H](C)Sc2ccccc21. The lowest BCUT2D eigenvalue weighted by molar-refractivity contribution is -0.143. The summed E-state index contributed by atoms with van der Waals surface area (Å²) in [6, 6.07) is 7.69. The summed E-state index contributed by atoms with van der Waals surface area (Å²) < 4.78 is 9.60. The first-order valence-electron chi connectivity index (χ1n) is 8.09. The lowest BCUT2D eigenvalue weighted by Crippen LogP contribution is -2.35. The van der Waals surface area contributed by atoms with E-state index >= 15 is 0 Å². The van der Waals surface area contributed by atoms with Crippen LogP contribution >= 0.6 is 11.8 Å². The molecule has 1 atom stereocenters. The van der Waals surface area contributed by atoms with Gasteiger partial charge >= 0.3 is 11.9 Å². The highest BCUT2D eigenvalue weighted by atomic mass is 32.2. The Labute approximate surface area is 151 Å². The Hall–Kier alpha value is -2.28. The van der Waals surface area contributed by atoms with Crippen LogP contribution in [-0.2, 0) is 23.9 Å². The number of fused-ring (bicyclic) bond motifs is 1. The molecule has 0 N–H and O–H groups in total. The molecular formula is C18H21NO5S. The molecule has 0 fully saturated rings. The predicted molar refractivity (Wildman–Crippen MR) is 95.5 cm³/mol. The average Bonchev–Trinajstić information content (AvgIpc) is 2.76. The molecule has 0 radical (unpaired) electrons. The van der Waals surface area contributed by atoms with Gasteiger partial charge in [0.1, 0.15) is 0 Å². The molecule has 1 aliphatic rings. The second-order valence-corrected chi connectivity index (χ2v) is 6.90. The zero-order valence-corrected chi connectivity index (χ0v) is 15.1. The lowest BCUT2D eigenvalue weighted by atomic mass is 10.2. The summed E-state index contributed by atoms with van der Waals surface area (Å²) in [5, 5.41) is 0.397. The summed E-state index contributed by atoms with van der Waals surface area (Å²) in [6.45, 7) is 4.21. The third kappa shape index (κ3) is 5.63. The van der Waals surface area contributed by atoms with Gasteiger partial charge in [0.2, 0.25) is 0 Å². The van der Waals surface area contributed by atoms with Crippen LogP contribution in [0.25, 0.3) is 0 Å². The zero-order chi connectivity index (χ0) is 18.2. The first kappa shape index (κ1) is 19.1. The zero-order valence-electron chi connectivity index (χ0n) is 14.3. The van der Waals surface area contributed by atoms with Crippen LogP contribution in [0.2, 0.25) is 0 Å². The Kier molecular flexibility index (Phi) is 7.06. The Bertz CT molecular complexity index is 673. The van der Waals surface area contributed by atoms with Crippen LogP contribution in [0.15, 0.2) is 41.3 Å². The maximum absolute atomic E-state index is 12.5. The monoisotopic (exact) mass is 363 g/mol. The fourth-order valence-electron chi connectivity index (χ4n) is 2.33. The Morgan fingerprint density at radius 1 is 1.20 bits per heavy atom. The van der Waals surface area contributed by atoms with Crippen molar-refractivity contribution in [2.75, 3.05) is 24.7 Å². The van der Waals surface area contributed by atoms with E-state index in [-0.39, 0.29) is 19.1 Å². The van der Waals surface area contributed by atoms with E-state index in [2.05, 4.69) is 11.7 Å². The lowest BCUT2D eigenvalue weighted by Gasteiger charge is -2.22. The van der Waals surface area contributed by atoms with Crippen molar-refractivity contribution in [2.24, 2.45) is 0 Å². The minimum absolute atomic E-state index is 0.224. The summed E-state index contributed by atoms with van der Waals surface area (Å²) in [6.07, 6.45) is 2.79. The van der Waals surface area contributed by atoms with Gasteiger partial charge in [0.25, 0.3) is 5.91 Å². The number of carbonyl (C=O) groups is 3. The van der Waals surface area contributed by atoms with Gasteiger partial charge in [-0.05, 0) is 25.5 Å². The molecule has 0 spiro atoms. The number of hydrogen-bond donors (Lipinski definition) is 0. The number of benzene rings is 1. The van der Waals surface area contributed by atoms with Gasteiger partial charge in [-0.2, -0.15) is 0 Å². The Morgan fingerprint density at radius 3 is 2.60 bits per heavy atom. The molecule has 6 nitrogen and oxygen atoms in total. The first-order chi connectivity index (χ1) is 12.0. The summed E-state index contributed by atoms with van der Waals surface area (Å²) in [4.78, 5) is 37.9. The van der Waals surface area contributed by atoms with Crippen molar-refractivity contribution in [2.45, 2.75) is 30.4 Å². The first-order valence-corrected chi connectivity index (χ1v) is 8.97. The van der Waals surface area contributed by atoms with Crippen molar-refractivity contribution >= 4 is 35.3 Å². The third-order valence-electron chi connectivity index (χ3n) is 3.52. The predicted octanol–water partition coefficient (Wildman–Crippen LogP) is 2.57. The van der Waals surface area contributed by atoms with E-state index in [4.69, 9.17) is 4.74 Å². The number of amides is 1. The van der Waals surface area contributed by atoms with Gasteiger partial charge in [-0.3, -0.25) is 4.79 Å². The van der Waals surface area contributed by atoms with Crippen LogP contribution in [-0.4, -0.2) is 42.9 Å². The topological polar surface area (TPSA) is 72.9 Å². The molecule has 1 amide bonds. The van der Waals surface area contributed by atoms with Crippen LogP contribution in [0, 0.1) is 0 Å². The number of ether oxygens (including phenoxy) is 2. The second kappa shape index (κ2) is 9.27. The minimum Gasteiger partial charge on any atom is -0.463 e. The highest BCUT2D eigenvalue weighted by molar-refractivity contribution is 8.00. The van der Waals surface area contributed by atoms with E-state index in [9.17, 15) is 14.4 Å². The number of rotatable bonds is 5. The van der Waals surface area contributed by atoms with Gasteiger partial charge in [0.15, 0.2) is 6.61 Å². The van der Waals surface area contributed by atoms with E-state index in [1.54, 1.807) is 23.6 Å². The summed E-state index contributed by atoms with van der Waals surface area (Å²) >= 11 is 1.73. The molecule has 1 heterocycles. The maximum atomic E-state index is 12.5. The van der Waals surface area contributed by atoms with E-state index in [1.165, 1.54) is 0 Å². The summed E-state index contributed by atoms with van der Waals surface area (Å²) in [5.41, 5.74) is 0.833. The summed E-state index contributed by atoms with van der Waals surface area (Å²) in [5.74, 6) is -1.68. The number of esters is 2. The van der Waals surface area contributed by atoms with E-state index < -0.39 is 11.9 Å². The molecule has 0 aromatic heterocycles. The molecule has 0 saturated heterocycles. The molecule has 0 bridgehead atoms. The number of anilines is 1. The quantitative estimate of drug-likeness (QED) is 0.591. The number of hydrogen-bond acceptors (Lipinski definition) is 6. The van der Waals surface area contributed by atoms with Crippen molar-refractivity contribution < 1.29 is 23.9 Å². The average molecular weight is 363 g/mol. The second-order valence-electron chi connectivity index (χ2n) is 5.42. The van der Waals surface area contributed by atoms with Gasteiger partial charge in [0, 0.05) is 28.8 Å². The third-order valence-corrected chi connectivity index (χ3v) is 4.76. The van der Waals surface area contributed by atoms with Crippen molar-refractivity contribution in [3.8, 4) is 0 Å². The van der Waals surface area contributed by atoms with Crippen molar-refractivity contribution in [3.05, 3.63) is 36.4 Å². The van der Waals surface area contributed by atoms with Gasteiger partial charge in [-0.1, -0.05) is 19.1 Å². The molecule has 2 rings (SSSR count). The molecule has 1 aromatic rings. The molecule has 0 unspecified atom stereocenters. The van der Waals surface area contributed by atoms with Crippen molar-refractivity contribution in [3.63, 3.8) is 0 Å². The largest absolute Gasteiger partial charge is 0.463 e. The number of para-hydroxylation sites is 1. The maximum Gasteiger partial charge on any atom is 0.331 e. The van der Waals surface area contributed by atoms with Crippen LogP contribution < -0.4 is 4.90 Å². The van der Waals surface area contributed by atoms with Crippen LogP contribution in [0.3, 0.4) is 0 Å². The molecule has 0 aliphatic carbocycles.